The van der Waals surface area contributed by atoms with Gasteiger partial charge >= 0.3 is 11.8 Å². The number of carbonyl (C=O) groups is 2. The maximum Gasteiger partial charge on any atom is 0.313 e. The molecule has 1 aliphatic carbocycles. The van der Waals surface area contributed by atoms with Crippen LogP contribution in [-0.4, -0.2) is 65.9 Å². The number of likely N-dealkylation sites (N-methyl/N-ethyl adjacent to an activating group) is 1. The Morgan fingerprint density at radius 2 is 2.04 bits per heavy atom. The summed E-state index contributed by atoms with van der Waals surface area (Å²) in [4.78, 5) is 26.5. The van der Waals surface area contributed by atoms with Gasteiger partial charge in [0.15, 0.2) is 0 Å². The Kier molecular flexibility index (Phi) is 6.55. The fraction of sp³-hybridized carbons (Fsp3) is 0.706. The molecular formula is C17H29N5O3. The SMILES string of the molecule is COCCn1nc(C)c(NC(=O)C(=O)NC[C@H](C)N(C)C2CC2)c1C. The Balaban J connectivity index is 1.88. The second kappa shape index (κ2) is 8.44. The van der Waals surface area contributed by atoms with Crippen molar-refractivity contribution in [3.8, 4) is 0 Å². The number of amides is 2. The standard InChI is InChI=1S/C17H29N5O3/c1-11(21(4)14-6-7-14)10-18-16(23)17(24)19-15-12(2)20-22(13(15)3)8-9-25-5/h11,14H,6-10H2,1-5H3,(H,18,23)(H,19,24)/t11-/m0/s1. The number of anilines is 1. The van der Waals surface area contributed by atoms with Crippen molar-refractivity contribution in [2.75, 3.05) is 32.6 Å². The quantitative estimate of drug-likeness (QED) is 0.673. The molecule has 0 radical (unpaired) electrons. The molecule has 1 fully saturated rings. The van der Waals surface area contributed by atoms with Gasteiger partial charge in [-0.2, -0.15) is 5.10 Å². The summed E-state index contributed by atoms with van der Waals surface area (Å²) in [5.41, 5.74) is 2.06. The van der Waals surface area contributed by atoms with Crippen LogP contribution in [0, 0.1) is 13.8 Å². The van der Waals surface area contributed by atoms with Crippen LogP contribution in [0.1, 0.15) is 31.2 Å². The van der Waals surface area contributed by atoms with E-state index in [1.54, 1.807) is 18.7 Å². The molecule has 0 bridgehead atoms. The van der Waals surface area contributed by atoms with Crippen LogP contribution in [0.25, 0.3) is 0 Å². The zero-order valence-electron chi connectivity index (χ0n) is 15.8. The number of nitrogens with one attached hydrogen (secondary N) is 2. The van der Waals surface area contributed by atoms with E-state index >= 15 is 0 Å². The van der Waals surface area contributed by atoms with Crippen molar-refractivity contribution >= 4 is 17.5 Å². The number of aryl methyl sites for hydroxylation is 1. The van der Waals surface area contributed by atoms with Gasteiger partial charge < -0.3 is 15.4 Å². The zero-order valence-corrected chi connectivity index (χ0v) is 15.8. The van der Waals surface area contributed by atoms with E-state index in [-0.39, 0.29) is 6.04 Å². The molecule has 140 valence electrons. The highest BCUT2D eigenvalue weighted by atomic mass is 16.5. The summed E-state index contributed by atoms with van der Waals surface area (Å²) in [6.45, 7) is 7.28. The molecule has 0 aromatic carbocycles. The maximum absolute atomic E-state index is 12.2. The first-order valence-electron chi connectivity index (χ1n) is 8.69. The lowest BCUT2D eigenvalue weighted by Gasteiger charge is -2.24. The fourth-order valence-corrected chi connectivity index (χ4v) is 2.75. The molecule has 0 unspecified atom stereocenters. The molecule has 8 heteroatoms. The number of nitrogens with zero attached hydrogens (tertiary/aromatic N) is 3. The van der Waals surface area contributed by atoms with Crippen LogP contribution in [0.5, 0.6) is 0 Å². The lowest BCUT2D eigenvalue weighted by atomic mass is 10.3. The van der Waals surface area contributed by atoms with E-state index in [0.29, 0.717) is 37.1 Å². The summed E-state index contributed by atoms with van der Waals surface area (Å²) in [5.74, 6) is -1.29. The average Bonchev–Trinajstić information content (AvgIpc) is 3.40. The van der Waals surface area contributed by atoms with Gasteiger partial charge in [0.2, 0.25) is 0 Å². The Hall–Kier alpha value is -1.93. The number of aromatic nitrogens is 2. The topological polar surface area (TPSA) is 88.5 Å². The van der Waals surface area contributed by atoms with Gasteiger partial charge in [0, 0.05) is 25.7 Å². The van der Waals surface area contributed by atoms with Crippen LogP contribution in [0.2, 0.25) is 0 Å². The number of hydrogen-bond donors (Lipinski definition) is 2. The van der Waals surface area contributed by atoms with Crippen molar-refractivity contribution in [2.45, 2.75) is 52.2 Å². The van der Waals surface area contributed by atoms with Gasteiger partial charge in [-0.3, -0.25) is 19.2 Å². The smallest absolute Gasteiger partial charge is 0.313 e. The molecule has 0 saturated heterocycles. The van der Waals surface area contributed by atoms with Gasteiger partial charge in [0.1, 0.15) is 0 Å². The van der Waals surface area contributed by atoms with Crippen molar-refractivity contribution in [2.24, 2.45) is 0 Å². The molecule has 8 nitrogen and oxygen atoms in total. The minimum atomic E-state index is -0.668. The minimum absolute atomic E-state index is 0.199. The number of ether oxygens (including phenoxy) is 1. The van der Waals surface area contributed by atoms with Gasteiger partial charge in [0.25, 0.3) is 0 Å². The normalized spacial score (nSPS) is 15.3. The minimum Gasteiger partial charge on any atom is -0.383 e. The highest BCUT2D eigenvalue weighted by molar-refractivity contribution is 6.39. The average molecular weight is 351 g/mol. The van der Waals surface area contributed by atoms with Gasteiger partial charge in [-0.05, 0) is 40.7 Å². The summed E-state index contributed by atoms with van der Waals surface area (Å²) < 4.78 is 6.81. The third-order valence-corrected chi connectivity index (χ3v) is 4.71. The zero-order chi connectivity index (χ0) is 18.6. The molecule has 25 heavy (non-hydrogen) atoms. The molecule has 2 N–H and O–H groups in total. The van der Waals surface area contributed by atoms with E-state index < -0.39 is 11.8 Å². The summed E-state index contributed by atoms with van der Waals surface area (Å²) in [5, 5.41) is 9.75. The monoisotopic (exact) mass is 351 g/mol. The third kappa shape index (κ3) is 5.02. The molecule has 0 aliphatic heterocycles. The van der Waals surface area contributed by atoms with E-state index in [0.717, 1.165) is 5.69 Å². The van der Waals surface area contributed by atoms with Crippen molar-refractivity contribution in [3.63, 3.8) is 0 Å². The lowest BCUT2D eigenvalue weighted by Crippen LogP contribution is -2.44. The molecule has 1 aliphatic rings. The van der Waals surface area contributed by atoms with E-state index in [1.165, 1.54) is 12.8 Å². The summed E-state index contributed by atoms with van der Waals surface area (Å²) in [7, 11) is 3.68. The maximum atomic E-state index is 12.2. The first-order chi connectivity index (χ1) is 11.8. The van der Waals surface area contributed by atoms with E-state index in [2.05, 4.69) is 27.7 Å². The summed E-state index contributed by atoms with van der Waals surface area (Å²) >= 11 is 0. The van der Waals surface area contributed by atoms with Gasteiger partial charge in [-0.1, -0.05) is 0 Å². The second-order valence-electron chi connectivity index (χ2n) is 6.67. The molecule has 1 saturated carbocycles. The first-order valence-corrected chi connectivity index (χ1v) is 8.69. The Morgan fingerprint density at radius 1 is 1.36 bits per heavy atom. The Morgan fingerprint density at radius 3 is 2.64 bits per heavy atom. The molecule has 1 heterocycles. The Bertz CT molecular complexity index is 624. The molecule has 1 atom stereocenters. The molecule has 1 aromatic heterocycles. The number of methoxy groups -OCH3 is 1. The van der Waals surface area contributed by atoms with Gasteiger partial charge in [-0.25, -0.2) is 0 Å². The van der Waals surface area contributed by atoms with Crippen LogP contribution in [0.4, 0.5) is 5.69 Å². The van der Waals surface area contributed by atoms with Crippen molar-refractivity contribution in [1.82, 2.24) is 20.0 Å². The number of carbonyl (C=O) groups excluding carboxylic acids is 2. The second-order valence-corrected chi connectivity index (χ2v) is 6.67. The van der Waals surface area contributed by atoms with Gasteiger partial charge in [0.05, 0.1) is 30.2 Å². The molecule has 2 amide bonds. The summed E-state index contributed by atoms with van der Waals surface area (Å²) in [6.07, 6.45) is 2.42. The summed E-state index contributed by atoms with van der Waals surface area (Å²) in [6, 6.07) is 0.813. The predicted molar refractivity (Wildman–Crippen MR) is 95.5 cm³/mol. The van der Waals surface area contributed by atoms with Crippen LogP contribution >= 0.6 is 0 Å². The molecule has 0 spiro atoms. The number of hydrogen-bond acceptors (Lipinski definition) is 5. The molecule has 1 aromatic rings. The number of rotatable bonds is 8. The van der Waals surface area contributed by atoms with Crippen molar-refractivity contribution < 1.29 is 14.3 Å². The lowest BCUT2D eigenvalue weighted by molar-refractivity contribution is -0.136. The van der Waals surface area contributed by atoms with Gasteiger partial charge in [-0.15, -0.1) is 0 Å². The first kappa shape index (κ1) is 19.4. The van der Waals surface area contributed by atoms with Crippen LogP contribution < -0.4 is 10.6 Å². The van der Waals surface area contributed by atoms with Crippen molar-refractivity contribution in [1.29, 1.82) is 0 Å². The van der Waals surface area contributed by atoms with E-state index in [1.807, 2.05) is 13.8 Å². The van der Waals surface area contributed by atoms with Crippen molar-refractivity contribution in [3.05, 3.63) is 11.4 Å². The molecule has 2 rings (SSSR count). The fourth-order valence-electron chi connectivity index (χ4n) is 2.75. The van der Waals surface area contributed by atoms with Crippen LogP contribution in [0.15, 0.2) is 0 Å². The van der Waals surface area contributed by atoms with Crippen LogP contribution in [-0.2, 0) is 20.9 Å². The van der Waals surface area contributed by atoms with E-state index in [9.17, 15) is 9.59 Å². The van der Waals surface area contributed by atoms with E-state index in [4.69, 9.17) is 4.74 Å². The third-order valence-electron chi connectivity index (χ3n) is 4.71. The predicted octanol–water partition coefficient (Wildman–Crippen LogP) is 0.684. The highest BCUT2D eigenvalue weighted by Gasteiger charge is 2.29. The Labute approximate surface area is 148 Å². The largest absolute Gasteiger partial charge is 0.383 e. The van der Waals surface area contributed by atoms with Crippen LogP contribution in [0.3, 0.4) is 0 Å². The molecular weight excluding hydrogens is 322 g/mol. The highest BCUT2D eigenvalue weighted by Crippen LogP contribution is 2.26.